The van der Waals surface area contributed by atoms with Gasteiger partial charge in [-0.05, 0) is 18.6 Å². The molecule has 1 aromatic rings. The van der Waals surface area contributed by atoms with Crippen molar-refractivity contribution in [1.82, 2.24) is 0 Å². The molecule has 1 fully saturated rings. The minimum Gasteiger partial charge on any atom is -0.441 e. The van der Waals surface area contributed by atoms with E-state index in [0.29, 0.717) is 13.0 Å². The lowest BCUT2D eigenvalue weighted by Gasteiger charge is -2.15. The van der Waals surface area contributed by atoms with Crippen LogP contribution in [0.5, 0.6) is 0 Å². The Bertz CT molecular complexity index is 380. The summed E-state index contributed by atoms with van der Waals surface area (Å²) >= 11 is 0. The minimum absolute atomic E-state index is 0.378. The van der Waals surface area contributed by atoms with Gasteiger partial charge in [-0.1, -0.05) is 31.5 Å². The van der Waals surface area contributed by atoms with Crippen molar-refractivity contribution >= 4 is 11.8 Å². The number of amides is 1. The van der Waals surface area contributed by atoms with Crippen LogP contribution in [0.15, 0.2) is 30.3 Å². The molecule has 4 heteroatoms. The molecule has 1 aliphatic rings. The first kappa shape index (κ1) is 11.9. The molecule has 0 aliphatic carbocycles. The van der Waals surface area contributed by atoms with Crippen LogP contribution in [0.2, 0.25) is 0 Å². The highest BCUT2D eigenvalue weighted by molar-refractivity contribution is 5.89. The number of ether oxygens (including phenoxy) is 1. The van der Waals surface area contributed by atoms with Crippen LogP contribution in [0.4, 0.5) is 10.5 Å². The lowest BCUT2D eigenvalue weighted by Crippen LogP contribution is -2.30. The number of nitrogens with zero attached hydrogens (tertiary/aromatic N) is 1. The molecule has 1 heterocycles. The van der Waals surface area contributed by atoms with E-state index in [1.807, 2.05) is 37.3 Å². The van der Waals surface area contributed by atoms with Gasteiger partial charge in [-0.25, -0.2) is 4.79 Å². The minimum atomic E-state index is -0.572. The van der Waals surface area contributed by atoms with Crippen molar-refractivity contribution < 1.29 is 14.6 Å². The van der Waals surface area contributed by atoms with Gasteiger partial charge in [0.2, 0.25) is 0 Å². The molecular formula is C13H17NO3. The molecule has 1 N–H and O–H groups in total. The number of hydrogen-bond acceptors (Lipinski definition) is 3. The number of aliphatic hydroxyl groups is 1. The number of anilines is 1. The first-order chi connectivity index (χ1) is 8.22. The lowest BCUT2D eigenvalue weighted by atomic mass is 10.1. The van der Waals surface area contributed by atoms with Crippen molar-refractivity contribution in [2.75, 3.05) is 11.4 Å². The third kappa shape index (κ3) is 2.58. The van der Waals surface area contributed by atoms with E-state index in [0.717, 1.165) is 12.1 Å². The number of benzene rings is 1. The highest BCUT2D eigenvalue weighted by atomic mass is 16.6. The maximum atomic E-state index is 11.7. The summed E-state index contributed by atoms with van der Waals surface area (Å²) in [7, 11) is 0. The smallest absolute Gasteiger partial charge is 0.414 e. The molecule has 1 aromatic carbocycles. The molecular weight excluding hydrogens is 218 g/mol. The third-order valence-corrected chi connectivity index (χ3v) is 2.92. The van der Waals surface area contributed by atoms with Crippen LogP contribution in [0.1, 0.15) is 19.8 Å². The molecule has 0 radical (unpaired) electrons. The van der Waals surface area contributed by atoms with E-state index in [4.69, 9.17) is 4.74 Å². The van der Waals surface area contributed by atoms with Gasteiger partial charge in [0.25, 0.3) is 0 Å². The van der Waals surface area contributed by atoms with Crippen molar-refractivity contribution in [2.45, 2.75) is 32.0 Å². The van der Waals surface area contributed by atoms with Crippen molar-refractivity contribution in [3.63, 3.8) is 0 Å². The van der Waals surface area contributed by atoms with Gasteiger partial charge < -0.3 is 9.84 Å². The summed E-state index contributed by atoms with van der Waals surface area (Å²) in [6.45, 7) is 2.42. The summed E-state index contributed by atoms with van der Waals surface area (Å²) in [6.07, 6.45) is 0.165. The molecule has 2 rings (SSSR count). The Morgan fingerprint density at radius 1 is 1.47 bits per heavy atom. The molecule has 0 aromatic heterocycles. The second kappa shape index (κ2) is 5.19. The molecule has 1 saturated heterocycles. The van der Waals surface area contributed by atoms with Gasteiger partial charge in [-0.3, -0.25) is 4.90 Å². The topological polar surface area (TPSA) is 49.8 Å². The van der Waals surface area contributed by atoms with Crippen molar-refractivity contribution in [3.05, 3.63) is 30.3 Å². The quantitative estimate of drug-likeness (QED) is 0.870. The standard InChI is InChI=1S/C13H17NO3/c1-2-6-11(15)12-9-14(13(16)17-12)10-7-4-3-5-8-10/h3-5,7-8,11-12,15H,2,6,9H2,1H3. The first-order valence-electron chi connectivity index (χ1n) is 5.93. The van der Waals surface area contributed by atoms with E-state index in [-0.39, 0.29) is 6.09 Å². The summed E-state index contributed by atoms with van der Waals surface area (Å²) in [4.78, 5) is 13.2. The van der Waals surface area contributed by atoms with Gasteiger partial charge in [0.05, 0.1) is 12.6 Å². The maximum absolute atomic E-state index is 11.7. The molecule has 17 heavy (non-hydrogen) atoms. The number of rotatable bonds is 4. The van der Waals surface area contributed by atoms with E-state index in [1.165, 1.54) is 0 Å². The Morgan fingerprint density at radius 2 is 2.18 bits per heavy atom. The predicted octanol–water partition coefficient (Wildman–Crippen LogP) is 2.17. The summed E-state index contributed by atoms with van der Waals surface area (Å²) in [5, 5.41) is 9.83. The summed E-state index contributed by atoms with van der Waals surface area (Å²) < 4.78 is 5.18. The monoisotopic (exact) mass is 235 g/mol. The van der Waals surface area contributed by atoms with E-state index < -0.39 is 12.2 Å². The summed E-state index contributed by atoms with van der Waals surface area (Å²) in [5.74, 6) is 0. The Labute approximate surface area is 101 Å². The number of carbonyl (C=O) groups is 1. The number of para-hydroxylation sites is 1. The van der Waals surface area contributed by atoms with E-state index in [2.05, 4.69) is 0 Å². The Balaban J connectivity index is 2.05. The van der Waals surface area contributed by atoms with E-state index >= 15 is 0 Å². The second-order valence-electron chi connectivity index (χ2n) is 4.22. The normalized spacial score (nSPS) is 21.4. The van der Waals surface area contributed by atoms with Gasteiger partial charge in [-0.15, -0.1) is 0 Å². The average Bonchev–Trinajstić information content (AvgIpc) is 2.73. The molecule has 1 amide bonds. The van der Waals surface area contributed by atoms with Gasteiger partial charge in [0.1, 0.15) is 6.10 Å². The van der Waals surface area contributed by atoms with Crippen LogP contribution in [0, 0.1) is 0 Å². The molecule has 92 valence electrons. The highest BCUT2D eigenvalue weighted by Gasteiger charge is 2.36. The van der Waals surface area contributed by atoms with Gasteiger partial charge in [-0.2, -0.15) is 0 Å². The SMILES string of the molecule is CCCC(O)C1CN(c2ccccc2)C(=O)O1. The fraction of sp³-hybridized carbons (Fsp3) is 0.462. The second-order valence-corrected chi connectivity index (χ2v) is 4.22. The van der Waals surface area contributed by atoms with E-state index in [1.54, 1.807) is 4.90 Å². The fourth-order valence-corrected chi connectivity index (χ4v) is 1.99. The maximum Gasteiger partial charge on any atom is 0.414 e. The van der Waals surface area contributed by atoms with Crippen LogP contribution in [-0.4, -0.2) is 30.0 Å². The van der Waals surface area contributed by atoms with Crippen molar-refractivity contribution in [3.8, 4) is 0 Å². The van der Waals surface area contributed by atoms with Crippen LogP contribution >= 0.6 is 0 Å². The fourth-order valence-electron chi connectivity index (χ4n) is 1.99. The zero-order valence-electron chi connectivity index (χ0n) is 9.87. The molecule has 0 bridgehead atoms. The third-order valence-electron chi connectivity index (χ3n) is 2.92. The summed E-state index contributed by atoms with van der Waals surface area (Å²) in [6, 6.07) is 9.36. The van der Waals surface area contributed by atoms with Crippen molar-refractivity contribution in [2.24, 2.45) is 0 Å². The molecule has 1 aliphatic heterocycles. The number of hydrogen-bond donors (Lipinski definition) is 1. The molecule has 2 atom stereocenters. The Morgan fingerprint density at radius 3 is 2.82 bits per heavy atom. The Kier molecular flexibility index (Phi) is 3.64. The van der Waals surface area contributed by atoms with Gasteiger partial charge >= 0.3 is 6.09 Å². The number of aliphatic hydroxyl groups excluding tert-OH is 1. The highest BCUT2D eigenvalue weighted by Crippen LogP contribution is 2.23. The molecule has 0 spiro atoms. The Hall–Kier alpha value is -1.55. The predicted molar refractivity (Wildman–Crippen MR) is 65.0 cm³/mol. The van der Waals surface area contributed by atoms with Crippen LogP contribution < -0.4 is 4.90 Å². The summed E-state index contributed by atoms with van der Waals surface area (Å²) in [5.41, 5.74) is 0.809. The number of carbonyl (C=O) groups excluding carboxylic acids is 1. The van der Waals surface area contributed by atoms with Crippen LogP contribution in [0.25, 0.3) is 0 Å². The van der Waals surface area contributed by atoms with E-state index in [9.17, 15) is 9.90 Å². The number of cyclic esters (lactones) is 1. The van der Waals surface area contributed by atoms with Crippen molar-refractivity contribution in [1.29, 1.82) is 0 Å². The zero-order valence-corrected chi connectivity index (χ0v) is 9.87. The van der Waals surface area contributed by atoms with Gasteiger partial charge in [0.15, 0.2) is 0 Å². The average molecular weight is 235 g/mol. The molecule has 0 saturated carbocycles. The van der Waals surface area contributed by atoms with Gasteiger partial charge in [0, 0.05) is 5.69 Å². The first-order valence-corrected chi connectivity index (χ1v) is 5.93. The largest absolute Gasteiger partial charge is 0.441 e. The molecule has 2 unspecified atom stereocenters. The zero-order chi connectivity index (χ0) is 12.3. The van der Waals surface area contributed by atoms with Crippen LogP contribution in [0.3, 0.4) is 0 Å². The lowest BCUT2D eigenvalue weighted by molar-refractivity contribution is 0.0276. The van der Waals surface area contributed by atoms with Crippen LogP contribution in [-0.2, 0) is 4.74 Å². The molecule has 4 nitrogen and oxygen atoms in total.